The van der Waals surface area contributed by atoms with Crippen LogP contribution >= 0.6 is 12.2 Å². The largest absolute Gasteiger partial charge is 0.481 e. The van der Waals surface area contributed by atoms with E-state index in [0.29, 0.717) is 82.9 Å². The van der Waals surface area contributed by atoms with Crippen molar-refractivity contribution in [3.63, 3.8) is 0 Å². The number of ether oxygens (including phenoxy) is 3. The lowest BCUT2D eigenvalue weighted by molar-refractivity contribution is -0.141. The van der Waals surface area contributed by atoms with Crippen LogP contribution < -0.4 is 10.6 Å². The summed E-state index contributed by atoms with van der Waals surface area (Å²) in [5, 5.41) is 14.9. The maximum atomic E-state index is 12.1. The molecule has 2 saturated heterocycles. The third-order valence-corrected chi connectivity index (χ3v) is 9.86. The Hall–Kier alpha value is -5.16. The lowest BCUT2D eigenvalue weighted by atomic mass is 10.1. The molecule has 2 aliphatic rings. The number of esters is 1. The number of likely N-dealkylation sites (tertiary alicyclic amines) is 2. The lowest BCUT2D eigenvalue weighted by Crippen LogP contribution is -2.38. The quantitative estimate of drug-likeness (QED) is 0.0638. The van der Waals surface area contributed by atoms with Crippen molar-refractivity contribution in [2.75, 3.05) is 46.5 Å². The van der Waals surface area contributed by atoms with E-state index in [-0.39, 0.29) is 42.9 Å². The van der Waals surface area contributed by atoms with Crippen molar-refractivity contribution in [2.45, 2.75) is 102 Å². The number of carboxylic acids is 1. The average molecular weight is 807 g/mol. The topological polar surface area (TPSA) is 164 Å². The van der Waals surface area contributed by atoms with Gasteiger partial charge in [0.15, 0.2) is 0 Å². The Labute approximate surface area is 342 Å². The number of rotatable bonds is 21. The Balaban J connectivity index is 0.000000306. The summed E-state index contributed by atoms with van der Waals surface area (Å²) in [4.78, 5) is 61.1. The van der Waals surface area contributed by atoms with Crippen molar-refractivity contribution in [1.82, 2.24) is 20.4 Å². The predicted octanol–water partition coefficient (Wildman–Crippen LogP) is 5.44. The number of hydrogen-bond donors (Lipinski definition) is 3. The normalized spacial score (nSPS) is 15.8. The highest BCUT2D eigenvalue weighted by Gasteiger charge is 2.32. The lowest BCUT2D eigenvalue weighted by Gasteiger charge is -2.25. The predicted molar refractivity (Wildman–Crippen MR) is 220 cm³/mol. The van der Waals surface area contributed by atoms with Crippen LogP contribution in [0.2, 0.25) is 0 Å². The van der Waals surface area contributed by atoms with Crippen molar-refractivity contribution < 1.29 is 43.3 Å². The molecule has 2 aliphatic heterocycles. The molecule has 57 heavy (non-hydrogen) atoms. The van der Waals surface area contributed by atoms with Crippen LogP contribution in [0.1, 0.15) is 88.2 Å². The first-order valence-corrected chi connectivity index (χ1v) is 20.3. The molecule has 2 aromatic carbocycles. The first-order valence-electron chi connectivity index (χ1n) is 19.9. The number of amides is 3. The zero-order valence-electron chi connectivity index (χ0n) is 33.1. The second-order valence-corrected chi connectivity index (χ2v) is 14.2. The second-order valence-electron chi connectivity index (χ2n) is 13.9. The monoisotopic (exact) mass is 806 g/mol. The van der Waals surface area contributed by atoms with Gasteiger partial charge in [-0.25, -0.2) is 4.79 Å². The zero-order valence-corrected chi connectivity index (χ0v) is 33.9. The maximum absolute atomic E-state index is 12.1. The van der Waals surface area contributed by atoms with Gasteiger partial charge in [-0.15, -0.1) is 5.92 Å². The van der Waals surface area contributed by atoms with Gasteiger partial charge in [0.05, 0.1) is 25.7 Å². The van der Waals surface area contributed by atoms with Crippen LogP contribution in [0.15, 0.2) is 60.7 Å². The minimum atomic E-state index is -0.750. The molecule has 2 aromatic rings. The number of carboxylic acid groups (broad SMARTS) is 1. The van der Waals surface area contributed by atoms with Gasteiger partial charge in [-0.05, 0) is 68.3 Å². The minimum Gasteiger partial charge on any atom is -0.481 e. The van der Waals surface area contributed by atoms with Crippen LogP contribution in [0.3, 0.4) is 0 Å². The molecule has 0 aliphatic carbocycles. The summed E-state index contributed by atoms with van der Waals surface area (Å²) in [5.74, 6) is 5.13. The fraction of sp³-hybridized carbons (Fsp3) is 0.535. The smallest absolute Gasteiger partial charge is 0.407 e. The molecule has 2 atom stereocenters. The molecule has 0 spiro atoms. The summed E-state index contributed by atoms with van der Waals surface area (Å²) in [6, 6.07) is 20.0. The number of thiocarbonyl (C=S) groups is 1. The molecule has 0 unspecified atom stereocenters. The molecule has 0 bridgehead atoms. The van der Waals surface area contributed by atoms with Gasteiger partial charge in [-0.1, -0.05) is 79.4 Å². The molecule has 0 radical (unpaired) electrons. The van der Waals surface area contributed by atoms with Crippen LogP contribution in [0, 0.1) is 11.8 Å². The number of alkyl carbamates (subject to hydrolysis) is 1. The summed E-state index contributed by atoms with van der Waals surface area (Å²) >= 11 is 5.24. The highest BCUT2D eigenvalue weighted by Crippen LogP contribution is 2.21. The number of carbonyl (C=O) groups excluding carboxylic acids is 4. The summed E-state index contributed by atoms with van der Waals surface area (Å²) in [7, 11) is 1.36. The van der Waals surface area contributed by atoms with Gasteiger partial charge in [0.25, 0.3) is 5.17 Å². The molecule has 0 saturated carbocycles. The summed E-state index contributed by atoms with van der Waals surface area (Å²) in [6.07, 6.45) is 8.72. The highest BCUT2D eigenvalue weighted by atomic mass is 32.1. The number of aliphatic carboxylic acids is 1. The van der Waals surface area contributed by atoms with Crippen molar-refractivity contribution in [1.29, 1.82) is 0 Å². The van der Waals surface area contributed by atoms with Gasteiger partial charge in [0, 0.05) is 51.7 Å². The molecular formula is C43H58N4O9S. The molecule has 13 nitrogen and oxygen atoms in total. The number of benzene rings is 2. The molecule has 0 aromatic heterocycles. The first-order chi connectivity index (χ1) is 27.7. The first kappa shape index (κ1) is 46.2. The second kappa shape index (κ2) is 27.4. The zero-order chi connectivity index (χ0) is 41.1. The van der Waals surface area contributed by atoms with E-state index in [1.54, 1.807) is 4.90 Å². The molecule has 3 amide bonds. The Morgan fingerprint density at radius 2 is 1.33 bits per heavy atom. The van der Waals surface area contributed by atoms with Crippen molar-refractivity contribution in [3.05, 3.63) is 71.8 Å². The Bertz CT molecular complexity index is 1620. The third kappa shape index (κ3) is 19.5. The Morgan fingerprint density at radius 1 is 0.754 bits per heavy atom. The number of carbonyl (C=O) groups is 5. The molecular weight excluding hydrogens is 749 g/mol. The van der Waals surface area contributed by atoms with Crippen LogP contribution in [-0.4, -0.2) is 109 Å². The van der Waals surface area contributed by atoms with Gasteiger partial charge in [0.2, 0.25) is 11.8 Å². The molecule has 4 rings (SSSR count). The van der Waals surface area contributed by atoms with E-state index in [0.717, 1.165) is 44.1 Å². The standard InChI is InChI=1S/C22H28N2O5.C21H30N2O4S/c1-28-21(26)11-7-2-3-8-16-24-19(12-13-20(24)25)17-29-22(27)23-15-14-18-9-5-4-6-10-18;24-19-12-11-18(23(19)15-7-2-1-6-10-20(25)26)16-27-21(28)22-14-13-17-8-4-3-5-9-17/h4-6,9-10,19H,2,7,11-17H2,1H3,(H,23,27);3-5,8-9,18H,1-2,6-7,10-16H2,(H,22,28)(H,25,26)/t19-;18-/m11/s1. The van der Waals surface area contributed by atoms with Crippen molar-refractivity contribution >= 4 is 47.2 Å². The van der Waals surface area contributed by atoms with E-state index in [1.807, 2.05) is 53.4 Å². The number of nitrogens with one attached hydrogen (secondary N) is 2. The Kier molecular flexibility index (Phi) is 22.3. The molecule has 310 valence electrons. The molecule has 14 heteroatoms. The van der Waals surface area contributed by atoms with Crippen LogP contribution in [-0.2, 0) is 46.2 Å². The maximum Gasteiger partial charge on any atom is 0.407 e. The summed E-state index contributed by atoms with van der Waals surface area (Å²) < 4.78 is 15.5. The van der Waals surface area contributed by atoms with Crippen LogP contribution in [0.5, 0.6) is 0 Å². The van der Waals surface area contributed by atoms with E-state index in [4.69, 9.17) is 26.8 Å². The minimum absolute atomic E-state index is 0.0203. The van der Waals surface area contributed by atoms with Gasteiger partial charge in [-0.2, -0.15) is 0 Å². The average Bonchev–Trinajstić information content (AvgIpc) is 3.76. The number of hydrogen-bond acceptors (Lipinski definition) is 9. The van der Waals surface area contributed by atoms with E-state index in [9.17, 15) is 24.0 Å². The summed E-state index contributed by atoms with van der Waals surface area (Å²) in [5.41, 5.74) is 2.39. The van der Waals surface area contributed by atoms with E-state index in [2.05, 4.69) is 39.3 Å². The van der Waals surface area contributed by atoms with Crippen LogP contribution in [0.25, 0.3) is 0 Å². The third-order valence-electron chi connectivity index (χ3n) is 9.59. The molecule has 2 heterocycles. The van der Waals surface area contributed by atoms with Gasteiger partial charge >= 0.3 is 18.0 Å². The van der Waals surface area contributed by atoms with Gasteiger partial charge in [-0.3, -0.25) is 19.2 Å². The van der Waals surface area contributed by atoms with E-state index in [1.165, 1.54) is 12.7 Å². The van der Waals surface area contributed by atoms with E-state index < -0.39 is 12.1 Å². The van der Waals surface area contributed by atoms with Gasteiger partial charge < -0.3 is 39.8 Å². The fourth-order valence-corrected chi connectivity index (χ4v) is 6.55. The Morgan fingerprint density at radius 3 is 1.96 bits per heavy atom. The fourth-order valence-electron chi connectivity index (χ4n) is 6.38. The van der Waals surface area contributed by atoms with Gasteiger partial charge in [0.1, 0.15) is 13.2 Å². The SMILES string of the molecule is COC(=O)CCCC#CCN1C(=O)CC[C@@H]1COC(=O)NCCc1ccccc1.O=C(O)CCCCCCN1C(=O)CC[C@@H]1COC(=S)NCCc1ccccc1. The highest BCUT2D eigenvalue weighted by molar-refractivity contribution is 7.80. The van der Waals surface area contributed by atoms with E-state index >= 15 is 0 Å². The molecule has 3 N–H and O–H groups in total. The van der Waals surface area contributed by atoms with Crippen molar-refractivity contribution in [2.24, 2.45) is 0 Å². The number of nitrogens with zero attached hydrogens (tertiary/aromatic N) is 2. The number of unbranched alkanes of at least 4 members (excludes halogenated alkanes) is 4. The number of methoxy groups -OCH3 is 1. The summed E-state index contributed by atoms with van der Waals surface area (Å²) in [6.45, 7) is 2.80. The van der Waals surface area contributed by atoms with Crippen molar-refractivity contribution in [3.8, 4) is 11.8 Å². The van der Waals surface area contributed by atoms with Crippen LogP contribution in [0.4, 0.5) is 4.79 Å². The molecule has 2 fully saturated rings.